The lowest BCUT2D eigenvalue weighted by molar-refractivity contribution is -0.130. The molecule has 2 heterocycles. The van der Waals surface area contributed by atoms with Gasteiger partial charge in [0.15, 0.2) is 0 Å². The second-order valence-electron chi connectivity index (χ2n) is 8.42. The zero-order valence-corrected chi connectivity index (χ0v) is 19.7. The fourth-order valence-corrected chi connectivity index (χ4v) is 5.70. The summed E-state index contributed by atoms with van der Waals surface area (Å²) in [6, 6.07) is 19.8. The third-order valence-corrected chi connectivity index (χ3v) is 7.90. The Morgan fingerprint density at radius 1 is 1.00 bits per heavy atom. The van der Waals surface area contributed by atoms with Crippen molar-refractivity contribution in [2.75, 3.05) is 25.9 Å². The van der Waals surface area contributed by atoms with Crippen LogP contribution in [-0.4, -0.2) is 59.2 Å². The number of amides is 1. The fraction of sp³-hybridized carbons (Fsp3) is 0.360. The molecule has 0 N–H and O–H groups in total. The Balaban J connectivity index is 1.44. The van der Waals surface area contributed by atoms with E-state index < -0.39 is 10.0 Å². The van der Waals surface area contributed by atoms with Crippen molar-refractivity contribution in [2.45, 2.75) is 32.2 Å². The number of hydrogen-bond acceptors (Lipinski definition) is 4. The SMILES string of the molecule is CN(Cc1cn(-c2ccccc2)nc1-c1ccccc1)C(=O)CCCS(=O)(=O)N1CCCC1. The van der Waals surface area contributed by atoms with E-state index in [1.165, 1.54) is 0 Å². The summed E-state index contributed by atoms with van der Waals surface area (Å²) in [7, 11) is -1.51. The molecule has 1 aliphatic rings. The van der Waals surface area contributed by atoms with Crippen molar-refractivity contribution >= 4 is 15.9 Å². The number of hydrogen-bond donors (Lipinski definition) is 0. The molecule has 3 aromatic rings. The largest absolute Gasteiger partial charge is 0.341 e. The molecule has 0 atom stereocenters. The van der Waals surface area contributed by atoms with Crippen LogP contribution in [0, 0.1) is 0 Å². The van der Waals surface area contributed by atoms with Crippen molar-refractivity contribution in [1.82, 2.24) is 19.0 Å². The van der Waals surface area contributed by atoms with Crippen molar-refractivity contribution < 1.29 is 13.2 Å². The summed E-state index contributed by atoms with van der Waals surface area (Å²) >= 11 is 0. The van der Waals surface area contributed by atoms with Gasteiger partial charge in [0.05, 0.1) is 17.1 Å². The summed E-state index contributed by atoms with van der Waals surface area (Å²) in [5.41, 5.74) is 3.70. The molecule has 1 amide bonds. The molecule has 1 fully saturated rings. The minimum Gasteiger partial charge on any atom is -0.341 e. The lowest BCUT2D eigenvalue weighted by atomic mass is 10.1. The number of carbonyl (C=O) groups is 1. The highest BCUT2D eigenvalue weighted by Gasteiger charge is 2.25. The minimum atomic E-state index is -3.26. The van der Waals surface area contributed by atoms with Gasteiger partial charge in [-0.3, -0.25) is 4.79 Å². The number of aromatic nitrogens is 2. The third kappa shape index (κ3) is 5.69. The number of para-hydroxylation sites is 1. The highest BCUT2D eigenvalue weighted by molar-refractivity contribution is 7.89. The van der Waals surface area contributed by atoms with E-state index in [2.05, 4.69) is 0 Å². The van der Waals surface area contributed by atoms with Gasteiger partial charge >= 0.3 is 0 Å². The highest BCUT2D eigenvalue weighted by atomic mass is 32.2. The van der Waals surface area contributed by atoms with Crippen LogP contribution in [0.5, 0.6) is 0 Å². The van der Waals surface area contributed by atoms with E-state index in [1.807, 2.05) is 71.5 Å². The van der Waals surface area contributed by atoms with Crippen LogP contribution in [0.4, 0.5) is 0 Å². The molecule has 0 unspecified atom stereocenters. The van der Waals surface area contributed by atoms with Crippen LogP contribution in [-0.2, 0) is 21.4 Å². The van der Waals surface area contributed by atoms with Crippen LogP contribution in [0.1, 0.15) is 31.2 Å². The van der Waals surface area contributed by atoms with E-state index in [9.17, 15) is 13.2 Å². The van der Waals surface area contributed by atoms with Crippen LogP contribution in [0.2, 0.25) is 0 Å². The summed E-state index contributed by atoms with van der Waals surface area (Å²) in [5, 5.41) is 4.80. The summed E-state index contributed by atoms with van der Waals surface area (Å²) in [6.45, 7) is 1.60. The summed E-state index contributed by atoms with van der Waals surface area (Å²) < 4.78 is 28.2. The third-order valence-electron chi connectivity index (χ3n) is 5.94. The Labute approximate surface area is 195 Å². The van der Waals surface area contributed by atoms with Crippen molar-refractivity contribution in [3.05, 3.63) is 72.4 Å². The first-order valence-corrected chi connectivity index (χ1v) is 13.0. The number of sulfonamides is 1. The van der Waals surface area contributed by atoms with E-state index in [0.717, 1.165) is 35.3 Å². The van der Waals surface area contributed by atoms with E-state index in [4.69, 9.17) is 5.10 Å². The molecule has 8 heteroatoms. The van der Waals surface area contributed by atoms with Gasteiger partial charge in [0.1, 0.15) is 0 Å². The zero-order valence-electron chi connectivity index (χ0n) is 18.9. The Hall–Kier alpha value is -2.97. The lowest BCUT2D eigenvalue weighted by Gasteiger charge is -2.18. The maximum atomic E-state index is 12.8. The molecule has 1 aliphatic heterocycles. The Bertz CT molecular complexity index is 1170. The Morgan fingerprint density at radius 2 is 1.64 bits per heavy atom. The molecule has 0 aliphatic carbocycles. The van der Waals surface area contributed by atoms with Crippen LogP contribution < -0.4 is 0 Å². The Kier molecular flexibility index (Phi) is 7.25. The summed E-state index contributed by atoms with van der Waals surface area (Å²) in [4.78, 5) is 14.4. The van der Waals surface area contributed by atoms with Crippen LogP contribution in [0.15, 0.2) is 66.9 Å². The average Bonchev–Trinajstić information content (AvgIpc) is 3.51. The van der Waals surface area contributed by atoms with Gasteiger partial charge in [-0.2, -0.15) is 5.10 Å². The monoisotopic (exact) mass is 466 g/mol. The summed E-state index contributed by atoms with van der Waals surface area (Å²) in [6.07, 6.45) is 4.33. The standard InChI is InChI=1S/C25H30N4O3S/c1-27(24(30)15-10-18-33(31,32)28-16-8-9-17-28)19-22-20-29(23-13-6-3-7-14-23)26-25(22)21-11-4-2-5-12-21/h2-7,11-14,20H,8-10,15-19H2,1H3. The Morgan fingerprint density at radius 3 is 2.30 bits per heavy atom. The topological polar surface area (TPSA) is 75.5 Å². The molecule has 174 valence electrons. The van der Waals surface area contributed by atoms with E-state index in [1.54, 1.807) is 16.3 Å². The van der Waals surface area contributed by atoms with Gasteiger partial charge in [0, 0.05) is 50.4 Å². The number of nitrogens with zero attached hydrogens (tertiary/aromatic N) is 4. The maximum Gasteiger partial charge on any atom is 0.222 e. The molecule has 2 aromatic carbocycles. The second-order valence-corrected chi connectivity index (χ2v) is 10.5. The second kappa shape index (κ2) is 10.3. The van der Waals surface area contributed by atoms with Gasteiger partial charge in [0.25, 0.3) is 0 Å². The number of carbonyl (C=O) groups excluding carboxylic acids is 1. The van der Waals surface area contributed by atoms with E-state index in [-0.39, 0.29) is 18.1 Å². The smallest absolute Gasteiger partial charge is 0.222 e. The predicted octanol–water partition coefficient (Wildman–Crippen LogP) is 3.70. The first-order chi connectivity index (χ1) is 15.9. The quantitative estimate of drug-likeness (QED) is 0.482. The molecule has 0 bridgehead atoms. The number of benzene rings is 2. The van der Waals surface area contributed by atoms with Gasteiger partial charge in [-0.1, -0.05) is 48.5 Å². The molecule has 1 saturated heterocycles. The first kappa shape index (κ1) is 23.2. The molecule has 33 heavy (non-hydrogen) atoms. The molecular weight excluding hydrogens is 436 g/mol. The normalized spacial score (nSPS) is 14.5. The average molecular weight is 467 g/mol. The lowest BCUT2D eigenvalue weighted by Crippen LogP contribution is -2.31. The molecule has 0 saturated carbocycles. The van der Waals surface area contributed by atoms with Crippen LogP contribution >= 0.6 is 0 Å². The van der Waals surface area contributed by atoms with Gasteiger partial charge in [0.2, 0.25) is 15.9 Å². The molecule has 7 nitrogen and oxygen atoms in total. The fourth-order valence-electron chi connectivity index (χ4n) is 4.11. The van der Waals surface area contributed by atoms with Crippen molar-refractivity contribution in [2.24, 2.45) is 0 Å². The van der Waals surface area contributed by atoms with Crippen molar-refractivity contribution in [3.63, 3.8) is 0 Å². The first-order valence-electron chi connectivity index (χ1n) is 11.4. The molecule has 0 spiro atoms. The zero-order chi connectivity index (χ0) is 23.3. The van der Waals surface area contributed by atoms with Crippen LogP contribution in [0.3, 0.4) is 0 Å². The molecule has 4 rings (SSSR count). The van der Waals surface area contributed by atoms with Crippen LogP contribution in [0.25, 0.3) is 16.9 Å². The van der Waals surface area contributed by atoms with Gasteiger partial charge < -0.3 is 4.90 Å². The molecule has 1 aromatic heterocycles. The predicted molar refractivity (Wildman–Crippen MR) is 129 cm³/mol. The van der Waals surface area contributed by atoms with Crippen molar-refractivity contribution in [3.8, 4) is 16.9 Å². The highest BCUT2D eigenvalue weighted by Crippen LogP contribution is 2.25. The van der Waals surface area contributed by atoms with Gasteiger partial charge in [-0.15, -0.1) is 0 Å². The maximum absolute atomic E-state index is 12.8. The number of rotatable bonds is 9. The molecular formula is C25H30N4O3S. The van der Waals surface area contributed by atoms with Gasteiger partial charge in [-0.05, 0) is 31.4 Å². The molecule has 0 radical (unpaired) electrons. The van der Waals surface area contributed by atoms with E-state index >= 15 is 0 Å². The minimum absolute atomic E-state index is 0.0216. The summed E-state index contributed by atoms with van der Waals surface area (Å²) in [5.74, 6) is -0.0496. The van der Waals surface area contributed by atoms with Crippen molar-refractivity contribution in [1.29, 1.82) is 0 Å². The van der Waals surface area contributed by atoms with E-state index in [0.29, 0.717) is 26.1 Å². The van der Waals surface area contributed by atoms with Gasteiger partial charge in [-0.25, -0.2) is 17.4 Å².